The largest absolute Gasteiger partial charge is 0.479 e. The van der Waals surface area contributed by atoms with Crippen LogP contribution in [0, 0.1) is 6.92 Å². The molecule has 3 aromatic heterocycles. The first-order valence-corrected chi connectivity index (χ1v) is 10.5. The first-order chi connectivity index (χ1) is 15.8. The van der Waals surface area contributed by atoms with E-state index in [0.29, 0.717) is 35.8 Å². The molecule has 0 unspecified atom stereocenters. The fraction of sp³-hybridized carbons (Fsp3) is 0.304. The zero-order chi connectivity index (χ0) is 23.2. The van der Waals surface area contributed by atoms with Gasteiger partial charge in [0.1, 0.15) is 17.2 Å². The molecular formula is C23H21F3N6O. The molecule has 0 spiro atoms. The van der Waals surface area contributed by atoms with E-state index < -0.39 is 11.7 Å². The molecule has 7 nitrogen and oxygen atoms in total. The topological polar surface area (TPSA) is 70.7 Å². The predicted octanol–water partition coefficient (Wildman–Crippen LogP) is 4.79. The van der Waals surface area contributed by atoms with Crippen LogP contribution >= 0.6 is 0 Å². The molecule has 5 rings (SSSR count). The average Bonchev–Trinajstić information content (AvgIpc) is 3.44. The highest BCUT2D eigenvalue weighted by atomic mass is 19.4. The summed E-state index contributed by atoms with van der Waals surface area (Å²) >= 11 is 0. The molecule has 0 N–H and O–H groups in total. The molecule has 0 saturated heterocycles. The number of rotatable bonds is 4. The maximum atomic E-state index is 13.2. The van der Waals surface area contributed by atoms with Crippen molar-refractivity contribution in [2.24, 2.45) is 0 Å². The van der Waals surface area contributed by atoms with E-state index in [4.69, 9.17) is 4.74 Å². The number of alkyl halides is 3. The SMILES string of the molecule is COc1nc(-c2nc3n(n2)[C@@H](c2cccc(C(F)(F)F)c2)CCC3)ccc1-n1cnc(C)c1. The van der Waals surface area contributed by atoms with Gasteiger partial charge in [-0.15, -0.1) is 5.10 Å². The van der Waals surface area contributed by atoms with Crippen molar-refractivity contribution >= 4 is 0 Å². The van der Waals surface area contributed by atoms with E-state index in [2.05, 4.69) is 20.1 Å². The second kappa shape index (κ2) is 8.02. The average molecular weight is 454 g/mol. The van der Waals surface area contributed by atoms with Crippen molar-refractivity contribution in [1.29, 1.82) is 0 Å². The van der Waals surface area contributed by atoms with E-state index in [1.807, 2.05) is 23.8 Å². The summed E-state index contributed by atoms with van der Waals surface area (Å²) in [5.74, 6) is 1.54. The first-order valence-electron chi connectivity index (χ1n) is 10.5. The second-order valence-electron chi connectivity index (χ2n) is 7.97. The Hall–Kier alpha value is -3.69. The van der Waals surface area contributed by atoms with Crippen molar-refractivity contribution in [3.05, 3.63) is 71.6 Å². The number of pyridine rings is 1. The van der Waals surface area contributed by atoms with E-state index in [1.54, 1.807) is 23.1 Å². The van der Waals surface area contributed by atoms with E-state index in [0.717, 1.165) is 29.7 Å². The Bertz CT molecular complexity index is 1310. The van der Waals surface area contributed by atoms with Gasteiger partial charge >= 0.3 is 6.18 Å². The summed E-state index contributed by atoms with van der Waals surface area (Å²) in [7, 11) is 1.54. The van der Waals surface area contributed by atoms with Crippen LogP contribution in [-0.2, 0) is 12.6 Å². The summed E-state index contributed by atoms with van der Waals surface area (Å²) in [5.41, 5.74) is 2.03. The van der Waals surface area contributed by atoms with Gasteiger partial charge in [0, 0.05) is 12.6 Å². The number of hydrogen-bond acceptors (Lipinski definition) is 5. The minimum absolute atomic E-state index is 0.313. The van der Waals surface area contributed by atoms with E-state index in [-0.39, 0.29) is 6.04 Å². The van der Waals surface area contributed by atoms with Crippen LogP contribution in [0.5, 0.6) is 5.88 Å². The molecule has 10 heteroatoms. The van der Waals surface area contributed by atoms with Crippen LogP contribution in [0.2, 0.25) is 0 Å². The van der Waals surface area contributed by atoms with Crippen LogP contribution in [0.1, 0.15) is 41.5 Å². The van der Waals surface area contributed by atoms with Gasteiger partial charge in [-0.25, -0.2) is 19.6 Å². The number of nitrogens with zero attached hydrogens (tertiary/aromatic N) is 6. The van der Waals surface area contributed by atoms with Crippen molar-refractivity contribution in [1.82, 2.24) is 29.3 Å². The Balaban J connectivity index is 1.51. The standard InChI is InChI=1S/C23H21F3N6O/c1-14-12-31(13-27-14)19-10-9-17(28-22(19)33-2)21-29-20-8-4-7-18(32(20)30-21)15-5-3-6-16(11-15)23(24,25)26/h3,5-6,9-13,18H,4,7-8H2,1-2H3/t18-/m1/s1. The quantitative estimate of drug-likeness (QED) is 0.444. The van der Waals surface area contributed by atoms with Gasteiger partial charge in [-0.1, -0.05) is 12.1 Å². The number of aromatic nitrogens is 6. The third kappa shape index (κ3) is 3.96. The molecule has 1 aromatic carbocycles. The Labute approximate surface area is 187 Å². The molecule has 0 aliphatic carbocycles. The zero-order valence-corrected chi connectivity index (χ0v) is 18.0. The van der Waals surface area contributed by atoms with Crippen molar-refractivity contribution in [2.45, 2.75) is 38.4 Å². The summed E-state index contributed by atoms with van der Waals surface area (Å²) < 4.78 is 48.7. The van der Waals surface area contributed by atoms with Gasteiger partial charge in [-0.2, -0.15) is 13.2 Å². The van der Waals surface area contributed by atoms with Gasteiger partial charge in [0.05, 0.1) is 30.7 Å². The zero-order valence-electron chi connectivity index (χ0n) is 18.0. The molecular weight excluding hydrogens is 433 g/mol. The highest BCUT2D eigenvalue weighted by Crippen LogP contribution is 2.35. The summed E-state index contributed by atoms with van der Waals surface area (Å²) in [6, 6.07) is 8.77. The monoisotopic (exact) mass is 454 g/mol. The van der Waals surface area contributed by atoms with Crippen molar-refractivity contribution in [3.63, 3.8) is 0 Å². The third-order valence-corrected chi connectivity index (χ3v) is 5.73. The highest BCUT2D eigenvalue weighted by molar-refractivity contribution is 5.55. The number of hydrogen-bond donors (Lipinski definition) is 0. The molecule has 0 bridgehead atoms. The number of imidazole rings is 1. The van der Waals surface area contributed by atoms with Gasteiger partial charge < -0.3 is 9.30 Å². The van der Waals surface area contributed by atoms with Gasteiger partial charge in [-0.3, -0.25) is 0 Å². The highest BCUT2D eigenvalue weighted by Gasteiger charge is 2.32. The second-order valence-corrected chi connectivity index (χ2v) is 7.97. The number of ether oxygens (including phenoxy) is 1. The summed E-state index contributed by atoms with van der Waals surface area (Å²) in [6.45, 7) is 1.89. The van der Waals surface area contributed by atoms with E-state index in [9.17, 15) is 13.2 Å². The minimum Gasteiger partial charge on any atom is -0.479 e. The number of methoxy groups -OCH3 is 1. The molecule has 1 atom stereocenters. The molecule has 1 aliphatic heterocycles. The third-order valence-electron chi connectivity index (χ3n) is 5.73. The van der Waals surface area contributed by atoms with Gasteiger partial charge in [0.2, 0.25) is 5.88 Å². The van der Waals surface area contributed by atoms with Crippen LogP contribution in [0.4, 0.5) is 13.2 Å². The van der Waals surface area contributed by atoms with Crippen LogP contribution in [0.25, 0.3) is 17.2 Å². The molecule has 170 valence electrons. The number of aryl methyl sites for hydroxylation is 2. The smallest absolute Gasteiger partial charge is 0.416 e. The van der Waals surface area contributed by atoms with Crippen LogP contribution < -0.4 is 4.74 Å². The first kappa shape index (κ1) is 21.2. The lowest BCUT2D eigenvalue weighted by molar-refractivity contribution is -0.137. The normalized spacial score (nSPS) is 16.0. The Morgan fingerprint density at radius 1 is 1.12 bits per heavy atom. The lowest BCUT2D eigenvalue weighted by Gasteiger charge is -2.24. The lowest BCUT2D eigenvalue weighted by atomic mass is 9.96. The van der Waals surface area contributed by atoms with Crippen LogP contribution in [0.15, 0.2) is 48.9 Å². The fourth-order valence-corrected chi connectivity index (χ4v) is 4.15. The number of benzene rings is 1. The fourth-order valence-electron chi connectivity index (χ4n) is 4.15. The van der Waals surface area contributed by atoms with Gasteiger partial charge in [-0.05, 0) is 49.6 Å². The van der Waals surface area contributed by atoms with Gasteiger partial charge in [0.15, 0.2) is 5.82 Å². The Kier molecular flexibility index (Phi) is 5.15. The van der Waals surface area contributed by atoms with E-state index in [1.165, 1.54) is 19.2 Å². The maximum absolute atomic E-state index is 13.2. The Morgan fingerprint density at radius 3 is 2.70 bits per heavy atom. The molecule has 4 heterocycles. The molecule has 0 amide bonds. The predicted molar refractivity (Wildman–Crippen MR) is 114 cm³/mol. The summed E-state index contributed by atoms with van der Waals surface area (Å²) in [4.78, 5) is 13.5. The van der Waals surface area contributed by atoms with Crippen LogP contribution in [-0.4, -0.2) is 36.4 Å². The molecule has 0 saturated carbocycles. The van der Waals surface area contributed by atoms with Crippen molar-refractivity contribution < 1.29 is 17.9 Å². The number of halogens is 3. The van der Waals surface area contributed by atoms with Crippen molar-refractivity contribution in [2.75, 3.05) is 7.11 Å². The molecule has 33 heavy (non-hydrogen) atoms. The lowest BCUT2D eigenvalue weighted by Crippen LogP contribution is -2.20. The Morgan fingerprint density at radius 2 is 1.97 bits per heavy atom. The molecule has 0 radical (unpaired) electrons. The summed E-state index contributed by atoms with van der Waals surface area (Å²) in [6.07, 6.45) is 1.36. The molecule has 1 aliphatic rings. The minimum atomic E-state index is -4.39. The maximum Gasteiger partial charge on any atom is 0.416 e. The summed E-state index contributed by atoms with van der Waals surface area (Å²) in [5, 5.41) is 4.64. The molecule has 4 aromatic rings. The molecule has 0 fully saturated rings. The van der Waals surface area contributed by atoms with E-state index >= 15 is 0 Å². The van der Waals surface area contributed by atoms with Crippen LogP contribution in [0.3, 0.4) is 0 Å². The van der Waals surface area contributed by atoms with Crippen molar-refractivity contribution in [3.8, 4) is 23.1 Å². The number of fused-ring (bicyclic) bond motifs is 1. The van der Waals surface area contributed by atoms with Gasteiger partial charge in [0.25, 0.3) is 0 Å².